The van der Waals surface area contributed by atoms with Crippen molar-refractivity contribution < 1.29 is 4.92 Å². The molecule has 1 heterocycles. The lowest BCUT2D eigenvalue weighted by Gasteiger charge is -1.97. The number of aromatic amines is 1. The first-order valence-electron chi connectivity index (χ1n) is 4.20. The number of nitro benzene ring substituents is 1. The second kappa shape index (κ2) is 3.06. The van der Waals surface area contributed by atoms with Crippen molar-refractivity contribution >= 4 is 16.7 Å². The van der Waals surface area contributed by atoms with Crippen molar-refractivity contribution in [3.8, 4) is 0 Å². The maximum Gasteiger partial charge on any atom is 0.274 e. The molecule has 1 N–H and O–H groups in total. The Morgan fingerprint density at radius 2 is 2.07 bits per heavy atom. The number of benzene rings is 1. The first kappa shape index (κ1) is 8.61. The molecule has 14 heavy (non-hydrogen) atoms. The zero-order valence-corrected chi connectivity index (χ0v) is 7.52. The van der Waals surface area contributed by atoms with Gasteiger partial charge in [-0.15, -0.1) is 0 Å². The fraction of sp³-hybridized carbons (Fsp3) is 0.250. The van der Waals surface area contributed by atoms with Crippen LogP contribution in [0.25, 0.3) is 11.0 Å². The van der Waals surface area contributed by atoms with Crippen molar-refractivity contribution in [3.63, 3.8) is 0 Å². The summed E-state index contributed by atoms with van der Waals surface area (Å²) in [5.74, 6) is 0. The van der Waals surface area contributed by atoms with E-state index in [1.54, 1.807) is 6.07 Å². The first-order chi connectivity index (χ1) is 6.72. The van der Waals surface area contributed by atoms with Gasteiger partial charge in [-0.1, -0.05) is 6.92 Å². The zero-order valence-electron chi connectivity index (χ0n) is 7.52. The van der Waals surface area contributed by atoms with Crippen molar-refractivity contribution in [1.82, 2.24) is 15.4 Å². The van der Waals surface area contributed by atoms with E-state index in [0.29, 0.717) is 23.0 Å². The molecule has 6 heteroatoms. The smallest absolute Gasteiger partial charge is 0.258 e. The molecule has 6 nitrogen and oxygen atoms in total. The van der Waals surface area contributed by atoms with Gasteiger partial charge in [0.05, 0.1) is 4.92 Å². The predicted molar refractivity (Wildman–Crippen MR) is 49.9 cm³/mol. The van der Waals surface area contributed by atoms with Gasteiger partial charge in [0.25, 0.3) is 5.69 Å². The van der Waals surface area contributed by atoms with Crippen LogP contribution in [0.2, 0.25) is 0 Å². The van der Waals surface area contributed by atoms with Crippen LogP contribution in [-0.4, -0.2) is 20.3 Å². The van der Waals surface area contributed by atoms with Gasteiger partial charge in [-0.25, -0.2) is 0 Å². The average Bonchev–Trinajstić information content (AvgIpc) is 2.62. The summed E-state index contributed by atoms with van der Waals surface area (Å²) in [5.41, 5.74) is 1.96. The van der Waals surface area contributed by atoms with E-state index in [1.807, 2.05) is 6.92 Å². The van der Waals surface area contributed by atoms with Crippen molar-refractivity contribution in [2.45, 2.75) is 13.3 Å². The second-order valence-corrected chi connectivity index (χ2v) is 2.90. The summed E-state index contributed by atoms with van der Waals surface area (Å²) in [6.45, 7) is 1.87. The van der Waals surface area contributed by atoms with Gasteiger partial charge in [0.2, 0.25) is 0 Å². The molecule has 0 saturated carbocycles. The molecule has 0 radical (unpaired) electrons. The molecule has 0 aliphatic heterocycles. The summed E-state index contributed by atoms with van der Waals surface area (Å²) in [7, 11) is 0. The molecule has 0 saturated heterocycles. The molecule has 0 unspecified atom stereocenters. The molecule has 0 spiro atoms. The van der Waals surface area contributed by atoms with Gasteiger partial charge in [0.15, 0.2) is 0 Å². The molecule has 1 aromatic carbocycles. The number of aryl methyl sites for hydroxylation is 1. The fourth-order valence-electron chi connectivity index (χ4n) is 1.37. The van der Waals surface area contributed by atoms with Crippen LogP contribution in [0.15, 0.2) is 12.1 Å². The lowest BCUT2D eigenvalue weighted by atomic mass is 10.1. The van der Waals surface area contributed by atoms with Crippen LogP contribution in [0.1, 0.15) is 12.5 Å². The van der Waals surface area contributed by atoms with E-state index in [4.69, 9.17) is 0 Å². The molecule has 72 valence electrons. The second-order valence-electron chi connectivity index (χ2n) is 2.90. The molecule has 1 aromatic heterocycles. The maximum absolute atomic E-state index is 10.7. The van der Waals surface area contributed by atoms with Crippen molar-refractivity contribution in [3.05, 3.63) is 27.8 Å². The molecular weight excluding hydrogens is 184 g/mol. The lowest BCUT2D eigenvalue weighted by molar-refractivity contribution is -0.385. The first-order valence-corrected chi connectivity index (χ1v) is 4.20. The Hall–Kier alpha value is -1.98. The number of hydrogen-bond donors (Lipinski definition) is 1. The minimum Gasteiger partial charge on any atom is -0.258 e. The highest BCUT2D eigenvalue weighted by Crippen LogP contribution is 2.23. The Balaban J connectivity index is 2.72. The quantitative estimate of drug-likeness (QED) is 0.576. The molecule has 0 amide bonds. The third kappa shape index (κ3) is 1.20. The molecule has 0 aliphatic rings. The highest BCUT2D eigenvalue weighted by atomic mass is 16.6. The molecule has 0 fully saturated rings. The number of H-pyrrole nitrogens is 1. The maximum atomic E-state index is 10.7. The molecule has 2 rings (SSSR count). The minimum absolute atomic E-state index is 0.105. The summed E-state index contributed by atoms with van der Waals surface area (Å²) in [5, 5.41) is 20.8. The topological polar surface area (TPSA) is 84.7 Å². The highest BCUT2D eigenvalue weighted by Gasteiger charge is 2.14. The average molecular weight is 192 g/mol. The van der Waals surface area contributed by atoms with Gasteiger partial charge >= 0.3 is 0 Å². The summed E-state index contributed by atoms with van der Waals surface area (Å²) >= 11 is 0. The Bertz CT molecular complexity index is 491. The largest absolute Gasteiger partial charge is 0.274 e. The molecule has 0 atom stereocenters. The Labute approximate surface area is 79.1 Å². The number of nitrogens with one attached hydrogen (secondary N) is 1. The zero-order chi connectivity index (χ0) is 10.1. The molecule has 0 aliphatic carbocycles. The van der Waals surface area contributed by atoms with E-state index >= 15 is 0 Å². The van der Waals surface area contributed by atoms with Gasteiger partial charge in [-0.2, -0.15) is 15.4 Å². The molecule has 2 aromatic rings. The summed E-state index contributed by atoms with van der Waals surface area (Å²) < 4.78 is 0. The van der Waals surface area contributed by atoms with E-state index in [2.05, 4.69) is 15.4 Å². The van der Waals surface area contributed by atoms with Crippen molar-refractivity contribution in [1.29, 1.82) is 0 Å². The SMILES string of the molecule is CCc1cc2n[nH]nc2cc1[N+](=O)[O-]. The van der Waals surface area contributed by atoms with Crippen LogP contribution < -0.4 is 0 Å². The lowest BCUT2D eigenvalue weighted by Crippen LogP contribution is -1.94. The standard InChI is InChI=1S/C8H8N4O2/c1-2-5-3-6-7(10-11-9-6)4-8(5)12(13)14/h3-4H,2H2,1H3,(H,9,10,11). The van der Waals surface area contributed by atoms with Gasteiger partial charge in [-0.05, 0) is 12.5 Å². The number of hydrogen-bond acceptors (Lipinski definition) is 4. The third-order valence-electron chi connectivity index (χ3n) is 2.09. The molecule has 0 bridgehead atoms. The Morgan fingerprint density at radius 1 is 1.43 bits per heavy atom. The fourth-order valence-corrected chi connectivity index (χ4v) is 1.37. The van der Waals surface area contributed by atoms with Crippen molar-refractivity contribution in [2.24, 2.45) is 0 Å². The van der Waals surface area contributed by atoms with Crippen LogP contribution in [0.5, 0.6) is 0 Å². The van der Waals surface area contributed by atoms with Gasteiger partial charge < -0.3 is 0 Å². The minimum atomic E-state index is -0.396. The van der Waals surface area contributed by atoms with Gasteiger partial charge in [0.1, 0.15) is 11.0 Å². The molecular formula is C8H8N4O2. The van der Waals surface area contributed by atoms with E-state index in [0.717, 1.165) is 0 Å². The number of nitro groups is 1. The van der Waals surface area contributed by atoms with Crippen LogP contribution in [0, 0.1) is 10.1 Å². The van der Waals surface area contributed by atoms with Gasteiger partial charge in [0, 0.05) is 11.6 Å². The van der Waals surface area contributed by atoms with E-state index in [-0.39, 0.29) is 5.69 Å². The number of rotatable bonds is 2. The third-order valence-corrected chi connectivity index (χ3v) is 2.09. The van der Waals surface area contributed by atoms with E-state index in [9.17, 15) is 10.1 Å². The monoisotopic (exact) mass is 192 g/mol. The van der Waals surface area contributed by atoms with Crippen LogP contribution >= 0.6 is 0 Å². The van der Waals surface area contributed by atoms with E-state index in [1.165, 1.54) is 6.07 Å². The summed E-state index contributed by atoms with van der Waals surface area (Å²) in [4.78, 5) is 10.3. The summed E-state index contributed by atoms with van der Waals surface area (Å²) in [6, 6.07) is 3.13. The number of nitrogens with zero attached hydrogens (tertiary/aromatic N) is 3. The Morgan fingerprint density at radius 3 is 2.64 bits per heavy atom. The van der Waals surface area contributed by atoms with Gasteiger partial charge in [-0.3, -0.25) is 10.1 Å². The van der Waals surface area contributed by atoms with Crippen LogP contribution in [0.4, 0.5) is 5.69 Å². The van der Waals surface area contributed by atoms with Crippen LogP contribution in [0.3, 0.4) is 0 Å². The number of fused-ring (bicyclic) bond motifs is 1. The van der Waals surface area contributed by atoms with Crippen molar-refractivity contribution in [2.75, 3.05) is 0 Å². The Kier molecular flexibility index (Phi) is 1.88. The summed E-state index contributed by atoms with van der Waals surface area (Å²) in [6.07, 6.45) is 0.610. The normalized spacial score (nSPS) is 10.6. The van der Waals surface area contributed by atoms with E-state index < -0.39 is 4.92 Å². The predicted octanol–water partition coefficient (Wildman–Crippen LogP) is 1.43. The number of aromatic nitrogens is 3. The van der Waals surface area contributed by atoms with Crippen LogP contribution in [-0.2, 0) is 6.42 Å². The highest BCUT2D eigenvalue weighted by molar-refractivity contribution is 5.78.